The molecule has 116 valence electrons. The normalized spacial score (nSPS) is 15.2. The number of carbonyl (C=O) groups is 1. The zero-order valence-electron chi connectivity index (χ0n) is 12.6. The van der Waals surface area contributed by atoms with Gasteiger partial charge in [-0.3, -0.25) is 0 Å². The number of hydrogen-bond donors (Lipinski definition) is 2. The second-order valence-corrected chi connectivity index (χ2v) is 5.81. The number of alkyl carbamates (subject to hydrolysis) is 1. The zero-order chi connectivity index (χ0) is 15.5. The molecule has 21 heavy (non-hydrogen) atoms. The van der Waals surface area contributed by atoms with Gasteiger partial charge in [0.25, 0.3) is 0 Å². The summed E-state index contributed by atoms with van der Waals surface area (Å²) in [5.41, 5.74) is 6.02. The fourth-order valence-electron chi connectivity index (χ4n) is 2.08. The van der Waals surface area contributed by atoms with Crippen molar-refractivity contribution in [1.29, 1.82) is 0 Å². The highest BCUT2D eigenvalue weighted by atomic mass is 16.6. The first-order valence-electron chi connectivity index (χ1n) is 6.99. The zero-order valence-corrected chi connectivity index (χ0v) is 12.6. The highest BCUT2D eigenvalue weighted by molar-refractivity contribution is 5.69. The lowest BCUT2D eigenvalue weighted by atomic mass is 10.0. The SMILES string of the molecule is CC(C)(C)OC(=O)NC(CN)c1cccc2c1OCCO2. The van der Waals surface area contributed by atoms with Crippen molar-refractivity contribution in [3.63, 3.8) is 0 Å². The van der Waals surface area contributed by atoms with Crippen molar-refractivity contribution in [3.05, 3.63) is 23.8 Å². The van der Waals surface area contributed by atoms with Crippen LogP contribution in [0.3, 0.4) is 0 Å². The summed E-state index contributed by atoms with van der Waals surface area (Å²) in [7, 11) is 0. The van der Waals surface area contributed by atoms with E-state index in [2.05, 4.69) is 5.32 Å². The molecule has 1 atom stereocenters. The van der Waals surface area contributed by atoms with E-state index in [0.29, 0.717) is 24.7 Å². The van der Waals surface area contributed by atoms with E-state index in [1.165, 1.54) is 0 Å². The molecule has 0 aromatic heterocycles. The lowest BCUT2D eigenvalue weighted by Gasteiger charge is -2.26. The molecular weight excluding hydrogens is 272 g/mol. The predicted molar refractivity (Wildman–Crippen MR) is 78.6 cm³/mol. The molecule has 0 fully saturated rings. The van der Waals surface area contributed by atoms with Crippen molar-refractivity contribution >= 4 is 6.09 Å². The number of nitrogens with two attached hydrogens (primary N) is 1. The van der Waals surface area contributed by atoms with Crippen LogP contribution in [0.4, 0.5) is 4.79 Å². The highest BCUT2D eigenvalue weighted by Crippen LogP contribution is 2.36. The Morgan fingerprint density at radius 3 is 2.76 bits per heavy atom. The first kappa shape index (κ1) is 15.4. The Morgan fingerprint density at radius 1 is 1.38 bits per heavy atom. The molecule has 1 aliphatic rings. The molecule has 0 saturated carbocycles. The fourth-order valence-corrected chi connectivity index (χ4v) is 2.08. The smallest absolute Gasteiger partial charge is 0.408 e. The van der Waals surface area contributed by atoms with E-state index in [1.54, 1.807) is 0 Å². The molecule has 1 amide bonds. The van der Waals surface area contributed by atoms with Crippen molar-refractivity contribution in [1.82, 2.24) is 5.32 Å². The summed E-state index contributed by atoms with van der Waals surface area (Å²) in [6, 6.07) is 5.15. The average molecular weight is 294 g/mol. The minimum atomic E-state index is -0.557. The highest BCUT2D eigenvalue weighted by Gasteiger charge is 2.24. The molecule has 1 aromatic carbocycles. The van der Waals surface area contributed by atoms with Gasteiger partial charge in [-0.05, 0) is 26.8 Å². The standard InChI is InChI=1S/C15H22N2O4/c1-15(2,3)21-14(18)17-11(9-16)10-5-4-6-12-13(10)20-8-7-19-12/h4-6,11H,7-9,16H2,1-3H3,(H,17,18). The second kappa shape index (κ2) is 6.22. The quantitative estimate of drug-likeness (QED) is 0.890. The van der Waals surface area contributed by atoms with E-state index in [-0.39, 0.29) is 6.54 Å². The number of ether oxygens (including phenoxy) is 3. The van der Waals surface area contributed by atoms with Crippen LogP contribution >= 0.6 is 0 Å². The molecule has 0 aliphatic carbocycles. The summed E-state index contributed by atoms with van der Waals surface area (Å²) in [6.45, 7) is 6.66. The number of benzene rings is 1. The van der Waals surface area contributed by atoms with Crippen LogP contribution in [0.2, 0.25) is 0 Å². The number of hydrogen-bond acceptors (Lipinski definition) is 5. The van der Waals surface area contributed by atoms with E-state index >= 15 is 0 Å². The van der Waals surface area contributed by atoms with Crippen molar-refractivity contribution in [2.75, 3.05) is 19.8 Å². The van der Waals surface area contributed by atoms with Crippen LogP contribution in [0.1, 0.15) is 32.4 Å². The molecule has 0 saturated heterocycles. The van der Waals surface area contributed by atoms with Crippen molar-refractivity contribution in [2.45, 2.75) is 32.4 Å². The third-order valence-corrected chi connectivity index (χ3v) is 2.90. The van der Waals surface area contributed by atoms with Gasteiger partial charge in [0.05, 0.1) is 6.04 Å². The summed E-state index contributed by atoms with van der Waals surface area (Å²) in [6.07, 6.45) is -0.507. The van der Waals surface area contributed by atoms with Gasteiger partial charge in [-0.15, -0.1) is 0 Å². The van der Waals surface area contributed by atoms with Crippen LogP contribution in [-0.4, -0.2) is 31.5 Å². The van der Waals surface area contributed by atoms with Gasteiger partial charge in [0.1, 0.15) is 18.8 Å². The maximum Gasteiger partial charge on any atom is 0.408 e. The number of rotatable bonds is 3. The maximum atomic E-state index is 11.9. The lowest BCUT2D eigenvalue weighted by molar-refractivity contribution is 0.0504. The monoisotopic (exact) mass is 294 g/mol. The maximum absolute atomic E-state index is 11.9. The van der Waals surface area contributed by atoms with Crippen LogP contribution in [0, 0.1) is 0 Å². The average Bonchev–Trinajstić information content (AvgIpc) is 2.42. The molecule has 1 aromatic rings. The van der Waals surface area contributed by atoms with Gasteiger partial charge in [0.2, 0.25) is 0 Å². The topological polar surface area (TPSA) is 82.8 Å². The molecule has 3 N–H and O–H groups in total. The van der Waals surface area contributed by atoms with E-state index in [4.69, 9.17) is 19.9 Å². The van der Waals surface area contributed by atoms with Crippen molar-refractivity contribution in [2.24, 2.45) is 5.73 Å². The van der Waals surface area contributed by atoms with Gasteiger partial charge in [0.15, 0.2) is 11.5 Å². The van der Waals surface area contributed by atoms with Gasteiger partial charge in [0, 0.05) is 12.1 Å². The summed E-state index contributed by atoms with van der Waals surface area (Å²) in [4.78, 5) is 11.9. The van der Waals surface area contributed by atoms with Crippen molar-refractivity contribution in [3.8, 4) is 11.5 Å². The molecule has 1 unspecified atom stereocenters. The summed E-state index contributed by atoms with van der Waals surface area (Å²) in [5, 5.41) is 2.77. The first-order chi connectivity index (χ1) is 9.90. The summed E-state index contributed by atoms with van der Waals surface area (Å²) in [5.74, 6) is 1.30. The van der Waals surface area contributed by atoms with Gasteiger partial charge >= 0.3 is 6.09 Å². The number of amides is 1. The molecular formula is C15H22N2O4. The fraction of sp³-hybridized carbons (Fsp3) is 0.533. The third kappa shape index (κ3) is 4.01. The van der Waals surface area contributed by atoms with E-state index in [0.717, 1.165) is 5.56 Å². The van der Waals surface area contributed by atoms with Gasteiger partial charge < -0.3 is 25.3 Å². The second-order valence-electron chi connectivity index (χ2n) is 5.81. The number of nitrogens with one attached hydrogen (secondary N) is 1. The molecule has 0 bridgehead atoms. The van der Waals surface area contributed by atoms with Crippen LogP contribution < -0.4 is 20.5 Å². The molecule has 6 nitrogen and oxygen atoms in total. The number of carbonyl (C=O) groups excluding carboxylic acids is 1. The van der Waals surface area contributed by atoms with Gasteiger partial charge in [-0.25, -0.2) is 4.79 Å². The molecule has 1 aliphatic heterocycles. The molecule has 1 heterocycles. The third-order valence-electron chi connectivity index (χ3n) is 2.90. The molecule has 2 rings (SSSR count). The molecule has 6 heteroatoms. The summed E-state index contributed by atoms with van der Waals surface area (Å²) >= 11 is 0. The van der Waals surface area contributed by atoms with E-state index in [9.17, 15) is 4.79 Å². The molecule has 0 spiro atoms. The minimum Gasteiger partial charge on any atom is -0.486 e. The Kier molecular flexibility index (Phi) is 4.57. The number of para-hydroxylation sites is 1. The van der Waals surface area contributed by atoms with E-state index in [1.807, 2.05) is 39.0 Å². The lowest BCUT2D eigenvalue weighted by Crippen LogP contribution is -2.38. The van der Waals surface area contributed by atoms with Crippen LogP contribution in [-0.2, 0) is 4.74 Å². The van der Waals surface area contributed by atoms with Crippen LogP contribution in [0.25, 0.3) is 0 Å². The first-order valence-corrected chi connectivity index (χ1v) is 6.99. The van der Waals surface area contributed by atoms with Gasteiger partial charge in [-0.2, -0.15) is 0 Å². The predicted octanol–water partition coefficient (Wildman–Crippen LogP) is 1.98. The Bertz CT molecular complexity index is 511. The van der Waals surface area contributed by atoms with Gasteiger partial charge in [-0.1, -0.05) is 12.1 Å². The minimum absolute atomic E-state index is 0.235. The van der Waals surface area contributed by atoms with Crippen LogP contribution in [0.5, 0.6) is 11.5 Å². The largest absolute Gasteiger partial charge is 0.486 e. The Morgan fingerprint density at radius 2 is 2.10 bits per heavy atom. The summed E-state index contributed by atoms with van der Waals surface area (Å²) < 4.78 is 16.4. The Hall–Kier alpha value is -1.95. The van der Waals surface area contributed by atoms with Crippen LogP contribution in [0.15, 0.2) is 18.2 Å². The van der Waals surface area contributed by atoms with Crippen molar-refractivity contribution < 1.29 is 19.0 Å². The van der Waals surface area contributed by atoms with E-state index < -0.39 is 17.7 Å². The number of fused-ring (bicyclic) bond motifs is 1. The Balaban J connectivity index is 2.16. The Labute approximate surface area is 124 Å². The molecule has 0 radical (unpaired) electrons.